The highest BCUT2D eigenvalue weighted by atomic mass is 16.4. The molecule has 0 aliphatic carbocycles. The molecule has 33 heavy (non-hydrogen) atoms. The van der Waals surface area contributed by atoms with Crippen molar-refractivity contribution in [2.75, 3.05) is 6.61 Å². The summed E-state index contributed by atoms with van der Waals surface area (Å²) >= 11 is 0. The average molecular weight is 450 g/mol. The fourth-order valence-electron chi connectivity index (χ4n) is 3.77. The Labute approximate surface area is 193 Å². The Balaban J connectivity index is 1.72. The van der Waals surface area contributed by atoms with E-state index in [2.05, 4.69) is 22.4 Å². The fraction of sp³-hybridized carbons (Fsp3) is 0.346. The van der Waals surface area contributed by atoms with Gasteiger partial charge in [-0.25, -0.2) is 0 Å². The predicted octanol–water partition coefficient (Wildman–Crippen LogP) is 3.84. The van der Waals surface area contributed by atoms with Crippen LogP contribution >= 0.6 is 0 Å². The van der Waals surface area contributed by atoms with Gasteiger partial charge in [-0.2, -0.15) is 5.10 Å². The van der Waals surface area contributed by atoms with E-state index in [1.165, 1.54) is 0 Å². The van der Waals surface area contributed by atoms with Gasteiger partial charge in [0.1, 0.15) is 5.69 Å². The summed E-state index contributed by atoms with van der Waals surface area (Å²) in [7, 11) is 0. The smallest absolute Gasteiger partial charge is 0.308 e. The molecule has 174 valence electrons. The van der Waals surface area contributed by atoms with Gasteiger partial charge in [-0.15, -0.1) is 0 Å². The van der Waals surface area contributed by atoms with Gasteiger partial charge in [0, 0.05) is 11.7 Å². The number of nitrogens with zero attached hydrogens (tertiary/aromatic N) is 1. The first-order valence-corrected chi connectivity index (χ1v) is 11.3. The monoisotopic (exact) mass is 449 g/mol. The molecule has 2 aromatic carbocycles. The number of carboxylic acids is 1. The van der Waals surface area contributed by atoms with E-state index in [4.69, 9.17) is 0 Å². The summed E-state index contributed by atoms with van der Waals surface area (Å²) < 4.78 is 0. The number of aromatic nitrogens is 2. The zero-order valence-electron chi connectivity index (χ0n) is 18.8. The highest BCUT2D eigenvalue weighted by molar-refractivity contribution is 5.92. The van der Waals surface area contributed by atoms with Crippen LogP contribution in [0.2, 0.25) is 0 Å². The summed E-state index contributed by atoms with van der Waals surface area (Å²) in [5.74, 6) is -2.40. The maximum atomic E-state index is 12.8. The van der Waals surface area contributed by atoms with Gasteiger partial charge < -0.3 is 15.5 Å². The van der Waals surface area contributed by atoms with Crippen molar-refractivity contribution in [3.63, 3.8) is 0 Å². The highest BCUT2D eigenvalue weighted by Gasteiger charge is 2.24. The van der Waals surface area contributed by atoms with Crippen LogP contribution in [0.25, 0.3) is 11.1 Å². The molecule has 1 heterocycles. The summed E-state index contributed by atoms with van der Waals surface area (Å²) in [6.45, 7) is 1.61. The van der Waals surface area contributed by atoms with E-state index >= 15 is 0 Å². The summed E-state index contributed by atoms with van der Waals surface area (Å²) in [6, 6.07) is 19.3. The van der Waals surface area contributed by atoms with Crippen LogP contribution in [-0.2, 0) is 17.6 Å². The first-order chi connectivity index (χ1) is 16.0. The second-order valence-electron chi connectivity index (χ2n) is 8.27. The maximum absolute atomic E-state index is 12.8. The predicted molar refractivity (Wildman–Crippen MR) is 127 cm³/mol. The van der Waals surface area contributed by atoms with Gasteiger partial charge in [-0.1, -0.05) is 67.9 Å². The third-order valence-corrected chi connectivity index (χ3v) is 5.68. The molecule has 7 nitrogen and oxygen atoms in total. The van der Waals surface area contributed by atoms with Crippen molar-refractivity contribution in [3.8, 4) is 11.1 Å². The Bertz CT molecular complexity index is 1030. The summed E-state index contributed by atoms with van der Waals surface area (Å²) in [6.07, 6.45) is 3.42. The number of hydrogen-bond donors (Lipinski definition) is 4. The van der Waals surface area contributed by atoms with Crippen molar-refractivity contribution < 1.29 is 19.8 Å². The number of carbonyl (C=O) groups is 2. The van der Waals surface area contributed by atoms with Crippen molar-refractivity contribution >= 4 is 11.9 Å². The van der Waals surface area contributed by atoms with Crippen LogP contribution in [0.5, 0.6) is 0 Å². The van der Waals surface area contributed by atoms with Crippen molar-refractivity contribution in [1.82, 2.24) is 15.5 Å². The number of aliphatic carboxylic acids is 1. The van der Waals surface area contributed by atoms with E-state index in [1.807, 2.05) is 54.6 Å². The van der Waals surface area contributed by atoms with Crippen LogP contribution in [0.1, 0.15) is 47.9 Å². The first-order valence-electron chi connectivity index (χ1n) is 11.3. The topological polar surface area (TPSA) is 115 Å². The van der Waals surface area contributed by atoms with Crippen LogP contribution in [-0.4, -0.2) is 44.9 Å². The Hall–Kier alpha value is -3.45. The molecule has 0 radical (unpaired) electrons. The zero-order chi connectivity index (χ0) is 23.6. The van der Waals surface area contributed by atoms with Crippen molar-refractivity contribution in [1.29, 1.82) is 0 Å². The lowest BCUT2D eigenvalue weighted by Gasteiger charge is -2.21. The van der Waals surface area contributed by atoms with Crippen molar-refractivity contribution in [2.45, 2.75) is 45.1 Å². The van der Waals surface area contributed by atoms with E-state index in [1.54, 1.807) is 6.07 Å². The van der Waals surface area contributed by atoms with Crippen LogP contribution < -0.4 is 5.32 Å². The molecular weight excluding hydrogens is 418 g/mol. The minimum absolute atomic E-state index is 0.116. The molecule has 2 atom stereocenters. The third-order valence-electron chi connectivity index (χ3n) is 5.68. The second-order valence-corrected chi connectivity index (χ2v) is 8.27. The molecule has 1 amide bonds. The molecule has 0 unspecified atom stereocenters. The molecule has 0 saturated heterocycles. The molecule has 0 aliphatic rings. The first kappa shape index (κ1) is 24.2. The number of carbonyl (C=O) groups excluding carboxylic acids is 1. The number of aliphatic hydroxyl groups is 1. The van der Waals surface area contributed by atoms with E-state index < -0.39 is 24.5 Å². The number of nitrogens with one attached hydrogen (secondary N) is 2. The Morgan fingerprint density at radius 2 is 1.76 bits per heavy atom. The fourth-order valence-corrected chi connectivity index (χ4v) is 3.77. The number of aryl methyl sites for hydroxylation is 1. The molecule has 0 fully saturated rings. The molecular formula is C26H31N3O4. The molecule has 0 aliphatic heterocycles. The van der Waals surface area contributed by atoms with E-state index in [0.717, 1.165) is 41.6 Å². The minimum atomic E-state index is -1.09. The Kier molecular flexibility index (Phi) is 8.78. The standard InChI is InChI=1S/C26H31N3O4/c1-2-3-9-22-16-24(29-28-22)25(31)27-23(15-21(17-30)26(32)33)14-18-10-12-20(13-11-18)19-7-5-4-6-8-19/h4-8,10-13,16,21,23,30H,2-3,9,14-15,17H2,1H3,(H,27,31)(H,28,29)(H,32,33)/t21-,23+/m0/s1. The van der Waals surface area contributed by atoms with E-state index in [9.17, 15) is 19.8 Å². The molecule has 0 bridgehead atoms. The van der Waals surface area contributed by atoms with Gasteiger partial charge in [0.2, 0.25) is 0 Å². The van der Waals surface area contributed by atoms with Gasteiger partial charge in [0.25, 0.3) is 5.91 Å². The number of amides is 1. The number of rotatable bonds is 12. The second kappa shape index (κ2) is 12.0. The lowest BCUT2D eigenvalue weighted by atomic mass is 9.94. The van der Waals surface area contributed by atoms with Gasteiger partial charge in [-0.3, -0.25) is 14.7 Å². The van der Waals surface area contributed by atoms with Gasteiger partial charge >= 0.3 is 5.97 Å². The number of benzene rings is 2. The summed E-state index contributed by atoms with van der Waals surface area (Å²) in [5.41, 5.74) is 4.33. The number of H-pyrrole nitrogens is 1. The summed E-state index contributed by atoms with van der Waals surface area (Å²) in [4.78, 5) is 24.3. The molecule has 3 rings (SSSR count). The lowest BCUT2D eigenvalue weighted by molar-refractivity contribution is -0.143. The van der Waals surface area contributed by atoms with Crippen LogP contribution in [0, 0.1) is 5.92 Å². The van der Waals surface area contributed by atoms with Crippen molar-refractivity contribution in [3.05, 3.63) is 77.6 Å². The van der Waals surface area contributed by atoms with Gasteiger partial charge in [-0.05, 0) is 48.4 Å². The maximum Gasteiger partial charge on any atom is 0.308 e. The normalized spacial score (nSPS) is 12.8. The highest BCUT2D eigenvalue weighted by Crippen LogP contribution is 2.21. The number of hydrogen-bond acceptors (Lipinski definition) is 4. The van der Waals surface area contributed by atoms with Gasteiger partial charge in [0.05, 0.1) is 12.5 Å². The Morgan fingerprint density at radius 1 is 1.06 bits per heavy atom. The number of unbranched alkanes of at least 4 members (excludes halogenated alkanes) is 1. The summed E-state index contributed by atoms with van der Waals surface area (Å²) in [5, 5.41) is 28.8. The number of aromatic amines is 1. The molecule has 0 saturated carbocycles. The molecule has 7 heteroatoms. The quantitative estimate of drug-likeness (QED) is 0.335. The molecule has 1 aromatic heterocycles. The van der Waals surface area contributed by atoms with Gasteiger partial charge in [0.15, 0.2) is 0 Å². The van der Waals surface area contributed by atoms with Crippen LogP contribution in [0.3, 0.4) is 0 Å². The number of aliphatic hydroxyl groups excluding tert-OH is 1. The van der Waals surface area contributed by atoms with E-state index in [-0.39, 0.29) is 18.0 Å². The average Bonchev–Trinajstić information content (AvgIpc) is 3.31. The lowest BCUT2D eigenvalue weighted by Crippen LogP contribution is -2.40. The van der Waals surface area contributed by atoms with Crippen LogP contribution in [0.4, 0.5) is 0 Å². The van der Waals surface area contributed by atoms with E-state index in [0.29, 0.717) is 6.42 Å². The molecule has 4 N–H and O–H groups in total. The SMILES string of the molecule is CCCCc1cc(C(=O)N[C@H](Cc2ccc(-c3ccccc3)cc2)C[C@@H](CO)C(=O)O)n[nH]1. The molecule has 0 spiro atoms. The minimum Gasteiger partial charge on any atom is -0.481 e. The largest absolute Gasteiger partial charge is 0.481 e. The third kappa shape index (κ3) is 7.02. The Morgan fingerprint density at radius 3 is 2.39 bits per heavy atom. The number of carboxylic acid groups (broad SMARTS) is 1. The van der Waals surface area contributed by atoms with Crippen LogP contribution in [0.15, 0.2) is 60.7 Å². The van der Waals surface area contributed by atoms with Crippen molar-refractivity contribution in [2.24, 2.45) is 5.92 Å². The zero-order valence-corrected chi connectivity index (χ0v) is 18.8. The molecule has 3 aromatic rings.